The molecule has 0 aromatic rings. The van der Waals surface area contributed by atoms with Gasteiger partial charge >= 0.3 is 0 Å². The molecule has 0 aromatic carbocycles. The van der Waals surface area contributed by atoms with Crippen molar-refractivity contribution in [3.8, 4) is 0 Å². The Balaban J connectivity index is 0. The van der Waals surface area contributed by atoms with E-state index in [1.165, 1.54) is 36.1 Å². The maximum atomic E-state index is 5.64. The molecule has 35 heavy (non-hydrogen) atoms. The molecular formula is C32H60NPTi. The number of allylic oxidation sites excluding steroid dienone is 7. The summed E-state index contributed by atoms with van der Waals surface area (Å²) in [5.41, 5.74) is 4.13. The molecule has 202 valence electrons. The molecule has 0 aliphatic heterocycles. The molecule has 0 saturated heterocycles. The zero-order valence-electron chi connectivity index (χ0n) is 26.3. The number of rotatable bonds is 10. The molecule has 1 nitrogen and oxygen atoms in total. The fraction of sp³-hybridized carbons (Fsp3) is 0.750. The average molecular weight is 538 g/mol. The standard InChI is InChI=1S/C20H38NP.C12H22.Ti/c1-10-18(4,5)22(19(6,7)11-2,20(8,9)12-3)21-17-15-13-14-16-17;1-9(2)7-11(5)12(6)8-10(3)4;/h13-15H,10-12,16H2,1-9H3;7-10H,1-6H3;. The van der Waals surface area contributed by atoms with Gasteiger partial charge in [0, 0.05) is 49.3 Å². The van der Waals surface area contributed by atoms with Crippen molar-refractivity contribution in [1.29, 1.82) is 0 Å². The second-order valence-electron chi connectivity index (χ2n) is 12.7. The fourth-order valence-corrected chi connectivity index (χ4v) is 13.2. The molecular weight excluding hydrogens is 477 g/mol. The van der Waals surface area contributed by atoms with Gasteiger partial charge in [-0.3, -0.25) is 4.74 Å². The first-order valence-electron chi connectivity index (χ1n) is 13.8. The van der Waals surface area contributed by atoms with Gasteiger partial charge < -0.3 is 0 Å². The minimum Gasteiger partial charge on any atom is -0.270 e. The van der Waals surface area contributed by atoms with E-state index in [1.54, 1.807) is 0 Å². The molecule has 0 unspecified atom stereocenters. The van der Waals surface area contributed by atoms with E-state index in [0.717, 1.165) is 6.42 Å². The van der Waals surface area contributed by atoms with Gasteiger partial charge in [-0.1, -0.05) is 125 Å². The molecule has 1 rings (SSSR count). The first-order chi connectivity index (χ1) is 15.4. The molecule has 0 spiro atoms. The summed E-state index contributed by atoms with van der Waals surface area (Å²) in [6.45, 7) is 35.1. The Hall–Kier alpha value is -0.0957. The zero-order chi connectivity index (χ0) is 27.0. The molecule has 0 aromatic heterocycles. The normalized spacial score (nSPS) is 15.6. The Morgan fingerprint density at radius 1 is 0.800 bits per heavy atom. The molecule has 0 atom stereocenters. The van der Waals surface area contributed by atoms with E-state index in [9.17, 15) is 0 Å². The topological polar surface area (TPSA) is 12.4 Å². The quantitative estimate of drug-likeness (QED) is 0.149. The van der Waals surface area contributed by atoms with E-state index in [4.69, 9.17) is 4.74 Å². The molecule has 0 heterocycles. The molecule has 0 radical (unpaired) electrons. The zero-order valence-corrected chi connectivity index (χ0v) is 28.7. The molecule has 1 aliphatic rings. The van der Waals surface area contributed by atoms with E-state index in [-0.39, 0.29) is 37.2 Å². The van der Waals surface area contributed by atoms with Crippen LogP contribution in [0.4, 0.5) is 0 Å². The van der Waals surface area contributed by atoms with Crippen molar-refractivity contribution in [1.82, 2.24) is 0 Å². The summed E-state index contributed by atoms with van der Waals surface area (Å²) in [5, 5.41) is 0.778. The van der Waals surface area contributed by atoms with E-state index < -0.39 is 7.05 Å². The van der Waals surface area contributed by atoms with Crippen molar-refractivity contribution in [2.75, 3.05) is 0 Å². The third kappa shape index (κ3) is 9.62. The van der Waals surface area contributed by atoms with Crippen LogP contribution >= 0.6 is 7.05 Å². The van der Waals surface area contributed by atoms with Crippen LogP contribution in [0.3, 0.4) is 0 Å². The largest absolute Gasteiger partial charge is 0.270 e. The summed E-state index contributed by atoms with van der Waals surface area (Å²) in [4.78, 5) is 0. The second-order valence-corrected chi connectivity index (χ2v) is 17.8. The summed E-state index contributed by atoms with van der Waals surface area (Å²) >= 11 is 0. The minimum atomic E-state index is -1.64. The van der Waals surface area contributed by atoms with Gasteiger partial charge in [0.05, 0.1) is 0 Å². The van der Waals surface area contributed by atoms with Crippen LogP contribution in [0.1, 0.15) is 130 Å². The van der Waals surface area contributed by atoms with Crippen LogP contribution in [0.2, 0.25) is 0 Å². The molecule has 3 heteroatoms. The monoisotopic (exact) mass is 537 g/mol. The van der Waals surface area contributed by atoms with E-state index in [2.05, 4.69) is 134 Å². The third-order valence-corrected chi connectivity index (χ3v) is 14.8. The van der Waals surface area contributed by atoms with Crippen molar-refractivity contribution in [2.45, 2.75) is 145 Å². The molecule has 0 saturated carbocycles. The number of hydrogen-bond acceptors (Lipinski definition) is 1. The van der Waals surface area contributed by atoms with Crippen LogP contribution in [-0.2, 0) is 21.7 Å². The van der Waals surface area contributed by atoms with Crippen molar-refractivity contribution in [3.05, 3.63) is 47.2 Å². The Bertz CT molecular complexity index is 747. The van der Waals surface area contributed by atoms with Gasteiger partial charge in [-0.25, -0.2) is 0 Å². The van der Waals surface area contributed by atoms with E-state index in [0.29, 0.717) is 11.8 Å². The molecule has 0 bridgehead atoms. The Labute approximate surface area is 236 Å². The van der Waals surface area contributed by atoms with Gasteiger partial charge in [-0.2, -0.15) is 0 Å². The SMILES string of the molecule is CC(=CC(C)C)C(C)=CC(C)C.CCC(C)(C)P(=NC1=CC=CC1)(C(C)(C)CC)C(C)(C)CC.[Ti]. The maximum Gasteiger partial charge on any atom is 0.0425 e. The van der Waals surface area contributed by atoms with Crippen molar-refractivity contribution in [3.63, 3.8) is 0 Å². The van der Waals surface area contributed by atoms with Gasteiger partial charge in [0.2, 0.25) is 0 Å². The fourth-order valence-electron chi connectivity index (χ4n) is 5.52. The van der Waals surface area contributed by atoms with Crippen molar-refractivity contribution >= 4 is 7.05 Å². The van der Waals surface area contributed by atoms with Gasteiger partial charge in [0.15, 0.2) is 0 Å². The van der Waals surface area contributed by atoms with Crippen LogP contribution in [0, 0.1) is 11.8 Å². The van der Waals surface area contributed by atoms with Gasteiger partial charge in [0.1, 0.15) is 0 Å². The van der Waals surface area contributed by atoms with Crippen LogP contribution in [-0.4, -0.2) is 15.5 Å². The summed E-state index contributed by atoms with van der Waals surface area (Å²) in [6.07, 6.45) is 15.9. The molecule has 0 fully saturated rings. The summed E-state index contributed by atoms with van der Waals surface area (Å²) in [6, 6.07) is 0. The van der Waals surface area contributed by atoms with Crippen LogP contribution < -0.4 is 0 Å². The van der Waals surface area contributed by atoms with Crippen LogP contribution in [0.15, 0.2) is 52.0 Å². The molecule has 1 aliphatic carbocycles. The Kier molecular flexibility index (Phi) is 16.3. The van der Waals surface area contributed by atoms with Crippen molar-refractivity contribution in [2.24, 2.45) is 16.6 Å². The first kappa shape index (κ1) is 37.1. The Morgan fingerprint density at radius 2 is 1.14 bits per heavy atom. The van der Waals surface area contributed by atoms with E-state index >= 15 is 0 Å². The summed E-state index contributed by atoms with van der Waals surface area (Å²) in [7, 11) is -1.64. The average Bonchev–Trinajstić information content (AvgIpc) is 3.24. The van der Waals surface area contributed by atoms with Crippen molar-refractivity contribution < 1.29 is 21.7 Å². The smallest absolute Gasteiger partial charge is 0.0425 e. The van der Waals surface area contributed by atoms with Gasteiger partial charge in [0.25, 0.3) is 0 Å². The number of hydrogen-bond donors (Lipinski definition) is 0. The minimum absolute atomic E-state index is 0. The predicted octanol–water partition coefficient (Wildman–Crippen LogP) is 11.8. The summed E-state index contributed by atoms with van der Waals surface area (Å²) < 4.78 is 5.64. The van der Waals surface area contributed by atoms with Crippen LogP contribution in [0.5, 0.6) is 0 Å². The maximum absolute atomic E-state index is 5.64. The Morgan fingerprint density at radius 3 is 1.37 bits per heavy atom. The first-order valence-corrected chi connectivity index (χ1v) is 15.5. The van der Waals surface area contributed by atoms with Crippen LogP contribution in [0.25, 0.3) is 0 Å². The van der Waals surface area contributed by atoms with E-state index in [1.807, 2.05) is 0 Å². The second kappa shape index (κ2) is 15.3. The number of nitrogens with zero attached hydrogens (tertiary/aromatic N) is 1. The van der Waals surface area contributed by atoms with Gasteiger partial charge in [-0.15, -0.1) is 0 Å². The molecule has 0 N–H and O–H groups in total. The predicted molar refractivity (Wildman–Crippen MR) is 161 cm³/mol. The molecule has 0 amide bonds. The third-order valence-electron chi connectivity index (χ3n) is 8.04. The summed E-state index contributed by atoms with van der Waals surface area (Å²) in [5.74, 6) is 1.31. The van der Waals surface area contributed by atoms with Gasteiger partial charge in [-0.05, 0) is 58.1 Å².